The van der Waals surface area contributed by atoms with E-state index >= 15 is 0 Å². The fraction of sp³-hybridized carbons (Fsp3) is 0.533. The van der Waals surface area contributed by atoms with Gasteiger partial charge in [0.05, 0.1) is 11.3 Å². The highest BCUT2D eigenvalue weighted by Crippen LogP contribution is 2.31. The van der Waals surface area contributed by atoms with Crippen molar-refractivity contribution in [2.75, 3.05) is 6.54 Å². The molecule has 0 aliphatic heterocycles. The van der Waals surface area contributed by atoms with Crippen LogP contribution in [0.15, 0.2) is 24.3 Å². The van der Waals surface area contributed by atoms with Crippen LogP contribution >= 0.6 is 0 Å². The maximum atomic E-state index is 12.6. The zero-order valence-electron chi connectivity index (χ0n) is 12.3. The highest BCUT2D eigenvalue weighted by Gasteiger charge is 2.32. The average molecular weight is 311 g/mol. The van der Waals surface area contributed by atoms with E-state index in [2.05, 4.69) is 0 Å². The lowest BCUT2D eigenvalue weighted by Crippen LogP contribution is -2.39. The van der Waals surface area contributed by atoms with Crippen LogP contribution in [0.25, 0.3) is 0 Å². The summed E-state index contributed by atoms with van der Waals surface area (Å²) in [4.78, 5) is 11.0. The third-order valence-corrected chi connectivity index (χ3v) is 5.57. The lowest BCUT2D eigenvalue weighted by molar-refractivity contribution is 0.0696. The van der Waals surface area contributed by atoms with Crippen molar-refractivity contribution in [3.05, 3.63) is 35.4 Å². The predicted octanol–water partition coefficient (Wildman–Crippen LogP) is 2.33. The van der Waals surface area contributed by atoms with Crippen molar-refractivity contribution >= 4 is 16.0 Å². The highest BCUT2D eigenvalue weighted by atomic mass is 32.2. The molecule has 0 unspecified atom stereocenters. The number of hydrogen-bond acceptors (Lipinski definition) is 3. The smallest absolute Gasteiger partial charge is 0.335 e. The van der Waals surface area contributed by atoms with Gasteiger partial charge in [-0.25, -0.2) is 13.2 Å². The van der Waals surface area contributed by atoms with Gasteiger partial charge in [0.2, 0.25) is 10.0 Å². The first-order valence-corrected chi connectivity index (χ1v) is 8.72. The summed E-state index contributed by atoms with van der Waals surface area (Å²) in [6, 6.07) is 6.03. The van der Waals surface area contributed by atoms with Gasteiger partial charge in [-0.05, 0) is 50.3 Å². The fourth-order valence-electron chi connectivity index (χ4n) is 2.29. The van der Waals surface area contributed by atoms with Gasteiger partial charge in [0.1, 0.15) is 0 Å². The van der Waals surface area contributed by atoms with E-state index in [4.69, 9.17) is 5.11 Å². The van der Waals surface area contributed by atoms with Crippen molar-refractivity contribution in [2.24, 2.45) is 5.92 Å². The van der Waals surface area contributed by atoms with Crippen LogP contribution in [0.1, 0.15) is 42.6 Å². The average Bonchev–Trinajstić information content (AvgIpc) is 3.19. The van der Waals surface area contributed by atoms with Crippen LogP contribution < -0.4 is 0 Å². The van der Waals surface area contributed by atoms with Gasteiger partial charge in [0.25, 0.3) is 0 Å². The van der Waals surface area contributed by atoms with E-state index in [1.54, 1.807) is 12.1 Å². The number of carboxylic acids is 1. The van der Waals surface area contributed by atoms with Gasteiger partial charge in [-0.1, -0.05) is 12.1 Å². The summed E-state index contributed by atoms with van der Waals surface area (Å²) in [5, 5.41) is 8.97. The topological polar surface area (TPSA) is 74.7 Å². The van der Waals surface area contributed by atoms with E-state index in [1.165, 1.54) is 16.4 Å². The second-order valence-corrected chi connectivity index (χ2v) is 7.79. The molecule has 1 aromatic carbocycles. The van der Waals surface area contributed by atoms with Crippen LogP contribution in [-0.2, 0) is 15.8 Å². The molecule has 0 atom stereocenters. The molecule has 1 aromatic rings. The molecule has 1 fully saturated rings. The van der Waals surface area contributed by atoms with E-state index in [0.717, 1.165) is 12.8 Å². The molecule has 2 rings (SSSR count). The molecule has 1 aliphatic carbocycles. The number of sulfonamides is 1. The molecule has 1 aliphatic rings. The molecule has 0 heterocycles. The first-order chi connectivity index (χ1) is 9.79. The summed E-state index contributed by atoms with van der Waals surface area (Å²) >= 11 is 0. The second kappa shape index (κ2) is 6.15. The number of nitrogens with zero attached hydrogens (tertiary/aromatic N) is 1. The first kappa shape index (κ1) is 16.0. The monoisotopic (exact) mass is 311 g/mol. The van der Waals surface area contributed by atoms with Crippen molar-refractivity contribution in [3.63, 3.8) is 0 Å². The second-order valence-electron chi connectivity index (χ2n) is 5.87. The van der Waals surface area contributed by atoms with Gasteiger partial charge in [-0.3, -0.25) is 0 Å². The van der Waals surface area contributed by atoms with E-state index in [1.807, 2.05) is 13.8 Å². The maximum Gasteiger partial charge on any atom is 0.335 e. The van der Waals surface area contributed by atoms with Gasteiger partial charge < -0.3 is 5.11 Å². The summed E-state index contributed by atoms with van der Waals surface area (Å²) in [5.74, 6) is -0.723. The molecule has 21 heavy (non-hydrogen) atoms. The Morgan fingerprint density at radius 1 is 1.38 bits per heavy atom. The standard InChI is InChI=1S/C15H21NO4S/c1-11(2)16(9-12-6-7-12)21(19,20)10-13-4-3-5-14(8-13)15(17)18/h3-5,8,11-12H,6-7,9-10H2,1-2H3,(H,17,18). The van der Waals surface area contributed by atoms with E-state index in [9.17, 15) is 13.2 Å². The Labute approximate surface area is 125 Å². The molecule has 0 spiro atoms. The zero-order valence-corrected chi connectivity index (χ0v) is 13.1. The predicted molar refractivity (Wildman–Crippen MR) is 80.6 cm³/mol. The summed E-state index contributed by atoms with van der Waals surface area (Å²) in [6.45, 7) is 4.31. The van der Waals surface area contributed by atoms with Crippen molar-refractivity contribution in [1.29, 1.82) is 0 Å². The van der Waals surface area contributed by atoms with Crippen LogP contribution in [0, 0.1) is 5.92 Å². The van der Waals surface area contributed by atoms with Crippen LogP contribution in [-0.4, -0.2) is 36.4 Å². The molecule has 6 heteroatoms. The molecule has 5 nitrogen and oxygen atoms in total. The zero-order chi connectivity index (χ0) is 15.6. The number of carboxylic acid groups (broad SMARTS) is 1. The fourth-order valence-corrected chi connectivity index (χ4v) is 4.14. The van der Waals surface area contributed by atoms with Gasteiger partial charge in [0.15, 0.2) is 0 Å². The molecule has 0 bridgehead atoms. The van der Waals surface area contributed by atoms with Crippen LogP contribution in [0.4, 0.5) is 0 Å². The number of carbonyl (C=O) groups is 1. The minimum atomic E-state index is -3.43. The molecule has 1 saturated carbocycles. The quantitative estimate of drug-likeness (QED) is 0.838. The number of benzene rings is 1. The van der Waals surface area contributed by atoms with Crippen LogP contribution in [0.3, 0.4) is 0 Å². The molecule has 116 valence electrons. The first-order valence-electron chi connectivity index (χ1n) is 7.11. The Balaban J connectivity index is 2.18. The number of rotatable bonds is 7. The van der Waals surface area contributed by atoms with Crippen molar-refractivity contribution in [3.8, 4) is 0 Å². The van der Waals surface area contributed by atoms with E-state index in [-0.39, 0.29) is 17.4 Å². The number of hydrogen-bond donors (Lipinski definition) is 1. The van der Waals surface area contributed by atoms with Crippen LogP contribution in [0.2, 0.25) is 0 Å². The van der Waals surface area contributed by atoms with Gasteiger partial charge in [-0.15, -0.1) is 0 Å². The van der Waals surface area contributed by atoms with E-state index < -0.39 is 16.0 Å². The third-order valence-electron chi connectivity index (χ3n) is 3.59. The molecule has 1 N–H and O–H groups in total. The summed E-state index contributed by atoms with van der Waals surface area (Å²) < 4.78 is 26.7. The third kappa shape index (κ3) is 4.28. The van der Waals surface area contributed by atoms with E-state index in [0.29, 0.717) is 18.0 Å². The van der Waals surface area contributed by atoms with Crippen molar-refractivity contribution in [2.45, 2.75) is 38.5 Å². The molecule has 0 radical (unpaired) electrons. The molecule has 0 saturated heterocycles. The summed E-state index contributed by atoms with van der Waals surface area (Å²) in [7, 11) is -3.43. The molecular formula is C15H21NO4S. The summed E-state index contributed by atoms with van der Waals surface area (Å²) in [6.07, 6.45) is 2.18. The normalized spacial score (nSPS) is 15.6. The molecule has 0 amide bonds. The Morgan fingerprint density at radius 3 is 2.57 bits per heavy atom. The summed E-state index contributed by atoms with van der Waals surface area (Å²) in [5.41, 5.74) is 0.623. The minimum Gasteiger partial charge on any atom is -0.478 e. The number of aromatic carboxylic acids is 1. The lowest BCUT2D eigenvalue weighted by Gasteiger charge is -2.26. The Bertz CT molecular complexity index is 620. The Kier molecular flexibility index (Phi) is 4.68. The largest absolute Gasteiger partial charge is 0.478 e. The van der Waals surface area contributed by atoms with Crippen LogP contribution in [0.5, 0.6) is 0 Å². The molecule has 0 aromatic heterocycles. The Hall–Kier alpha value is -1.40. The Morgan fingerprint density at radius 2 is 2.05 bits per heavy atom. The maximum absolute atomic E-state index is 12.6. The molecular weight excluding hydrogens is 290 g/mol. The van der Waals surface area contributed by atoms with Gasteiger partial charge in [0, 0.05) is 12.6 Å². The van der Waals surface area contributed by atoms with Gasteiger partial charge >= 0.3 is 5.97 Å². The van der Waals surface area contributed by atoms with Crippen molar-refractivity contribution < 1.29 is 18.3 Å². The van der Waals surface area contributed by atoms with Crippen molar-refractivity contribution in [1.82, 2.24) is 4.31 Å². The minimum absolute atomic E-state index is 0.0849. The van der Waals surface area contributed by atoms with Gasteiger partial charge in [-0.2, -0.15) is 4.31 Å². The lowest BCUT2D eigenvalue weighted by atomic mass is 10.1. The SMILES string of the molecule is CC(C)N(CC1CC1)S(=O)(=O)Cc1cccc(C(=O)O)c1. The highest BCUT2D eigenvalue weighted by molar-refractivity contribution is 7.88.